The monoisotopic (exact) mass is 548 g/mol. The minimum absolute atomic E-state index is 0.0524. The van der Waals surface area contributed by atoms with Gasteiger partial charge in [-0.25, -0.2) is 0 Å². The van der Waals surface area contributed by atoms with Gasteiger partial charge in [-0.1, -0.05) is 116 Å². The SMILES string of the molecule is CCCc1ccc(-c2ccccc2C(=O)NCCc2cccc(-c3ccc(Cc4sc(=O)[nH]c4O)cc3)c2)cc1. The minimum Gasteiger partial charge on any atom is -0.494 e. The zero-order chi connectivity index (χ0) is 27.9. The quantitative estimate of drug-likeness (QED) is 0.176. The fraction of sp³-hybridized carbons (Fsp3) is 0.176. The van der Waals surface area contributed by atoms with Gasteiger partial charge in [-0.2, -0.15) is 0 Å². The van der Waals surface area contributed by atoms with Crippen molar-refractivity contribution in [2.24, 2.45) is 0 Å². The van der Waals surface area contributed by atoms with Gasteiger partial charge in [-0.05, 0) is 57.9 Å². The van der Waals surface area contributed by atoms with Gasteiger partial charge in [0.15, 0.2) is 0 Å². The molecule has 0 atom stereocenters. The molecular formula is C34H32N2O3S. The van der Waals surface area contributed by atoms with Crippen molar-refractivity contribution >= 4 is 17.2 Å². The van der Waals surface area contributed by atoms with E-state index in [4.69, 9.17) is 0 Å². The summed E-state index contributed by atoms with van der Waals surface area (Å²) in [7, 11) is 0. The highest BCUT2D eigenvalue weighted by molar-refractivity contribution is 7.09. The number of aromatic hydroxyl groups is 1. The number of aromatic nitrogens is 1. The number of hydrogen-bond donors (Lipinski definition) is 3. The molecule has 0 aliphatic heterocycles. The molecule has 0 aliphatic rings. The lowest BCUT2D eigenvalue weighted by molar-refractivity contribution is 0.0955. The molecule has 0 saturated heterocycles. The standard InChI is InChI=1S/C34H32N2O3S/c1-2-6-23-11-17-27(18-12-23)29-9-3-4-10-30(29)32(37)35-20-19-24-7-5-8-28(21-24)26-15-13-25(14-16-26)22-31-33(38)36-34(39)40-31/h3-5,7-18,21,38H,2,6,19-20,22H2,1H3,(H,35,37)(H,36,39). The lowest BCUT2D eigenvalue weighted by Crippen LogP contribution is -2.26. The Morgan fingerprint density at radius 3 is 2.25 bits per heavy atom. The van der Waals surface area contributed by atoms with Crippen molar-refractivity contribution in [1.82, 2.24) is 10.3 Å². The lowest BCUT2D eigenvalue weighted by atomic mass is 9.97. The van der Waals surface area contributed by atoms with Crippen molar-refractivity contribution in [3.63, 3.8) is 0 Å². The van der Waals surface area contributed by atoms with E-state index in [0.29, 0.717) is 23.4 Å². The summed E-state index contributed by atoms with van der Waals surface area (Å²) >= 11 is 1.03. The Morgan fingerprint density at radius 1 is 0.800 bits per heavy atom. The van der Waals surface area contributed by atoms with Gasteiger partial charge in [0.2, 0.25) is 5.88 Å². The molecule has 0 spiro atoms. The summed E-state index contributed by atoms with van der Waals surface area (Å²) in [6.45, 7) is 2.71. The lowest BCUT2D eigenvalue weighted by Gasteiger charge is -2.12. The Bertz CT molecular complexity index is 1650. The van der Waals surface area contributed by atoms with Crippen LogP contribution in [0, 0.1) is 0 Å². The number of aryl methyl sites for hydroxylation is 1. The van der Waals surface area contributed by atoms with Crippen LogP contribution in [0.15, 0.2) is 102 Å². The van der Waals surface area contributed by atoms with E-state index in [1.54, 1.807) is 0 Å². The second kappa shape index (κ2) is 12.6. The molecule has 5 rings (SSSR count). The third-order valence-corrected chi connectivity index (χ3v) is 7.83. The topological polar surface area (TPSA) is 82.2 Å². The summed E-state index contributed by atoms with van der Waals surface area (Å²) in [6.07, 6.45) is 3.39. The summed E-state index contributed by atoms with van der Waals surface area (Å²) < 4.78 is 0. The van der Waals surface area contributed by atoms with Gasteiger partial charge >= 0.3 is 4.87 Å². The van der Waals surface area contributed by atoms with E-state index in [0.717, 1.165) is 64.0 Å². The van der Waals surface area contributed by atoms with Crippen molar-refractivity contribution in [3.8, 4) is 28.1 Å². The molecule has 1 amide bonds. The van der Waals surface area contributed by atoms with E-state index >= 15 is 0 Å². The van der Waals surface area contributed by atoms with Crippen LogP contribution >= 0.6 is 11.3 Å². The Morgan fingerprint density at radius 2 is 1.52 bits per heavy atom. The maximum atomic E-state index is 13.1. The second-order valence-corrected chi connectivity index (χ2v) is 10.9. The molecule has 0 bridgehead atoms. The highest BCUT2D eigenvalue weighted by Crippen LogP contribution is 2.26. The Balaban J connectivity index is 1.21. The number of amides is 1. The molecule has 6 heteroatoms. The van der Waals surface area contributed by atoms with Gasteiger partial charge in [0, 0.05) is 18.5 Å². The number of aromatic amines is 1. The summed E-state index contributed by atoms with van der Waals surface area (Å²) in [5.41, 5.74) is 8.32. The maximum Gasteiger partial charge on any atom is 0.307 e. The van der Waals surface area contributed by atoms with Crippen molar-refractivity contribution < 1.29 is 9.90 Å². The van der Waals surface area contributed by atoms with Gasteiger partial charge in [-0.15, -0.1) is 0 Å². The third kappa shape index (κ3) is 6.58. The minimum atomic E-state index is -0.251. The highest BCUT2D eigenvalue weighted by atomic mass is 32.1. The van der Waals surface area contributed by atoms with E-state index in [1.165, 1.54) is 5.56 Å². The molecule has 5 nitrogen and oxygen atoms in total. The second-order valence-electron chi connectivity index (χ2n) is 9.86. The summed E-state index contributed by atoms with van der Waals surface area (Å²) in [4.78, 5) is 27.4. The largest absolute Gasteiger partial charge is 0.494 e. The summed E-state index contributed by atoms with van der Waals surface area (Å²) in [6, 6.07) is 32.7. The Hall–Kier alpha value is -4.42. The number of benzene rings is 4. The maximum absolute atomic E-state index is 13.1. The first kappa shape index (κ1) is 27.2. The van der Waals surface area contributed by atoms with Gasteiger partial charge in [-0.3, -0.25) is 14.6 Å². The van der Waals surface area contributed by atoms with Crippen LogP contribution < -0.4 is 10.2 Å². The number of carbonyl (C=O) groups is 1. The van der Waals surface area contributed by atoms with Crippen LogP contribution in [0.5, 0.6) is 5.88 Å². The molecule has 0 unspecified atom stereocenters. The predicted octanol–water partition coefficient (Wildman–Crippen LogP) is 6.99. The normalized spacial score (nSPS) is 10.9. The molecule has 4 aromatic carbocycles. The summed E-state index contributed by atoms with van der Waals surface area (Å²) in [5, 5.41) is 12.9. The van der Waals surface area contributed by atoms with Crippen molar-refractivity contribution in [2.45, 2.75) is 32.6 Å². The zero-order valence-electron chi connectivity index (χ0n) is 22.4. The van der Waals surface area contributed by atoms with Crippen molar-refractivity contribution in [2.75, 3.05) is 6.54 Å². The molecular weight excluding hydrogens is 516 g/mol. The number of rotatable bonds is 10. The summed E-state index contributed by atoms with van der Waals surface area (Å²) in [5.74, 6) is -0.123. The van der Waals surface area contributed by atoms with E-state index in [-0.39, 0.29) is 16.7 Å². The van der Waals surface area contributed by atoms with Crippen LogP contribution in [0.2, 0.25) is 0 Å². The first-order valence-corrected chi connectivity index (χ1v) is 14.4. The zero-order valence-corrected chi connectivity index (χ0v) is 23.3. The number of nitrogens with one attached hydrogen (secondary N) is 2. The van der Waals surface area contributed by atoms with Crippen LogP contribution in [0.3, 0.4) is 0 Å². The number of H-pyrrole nitrogens is 1. The molecule has 202 valence electrons. The molecule has 0 saturated carbocycles. The first-order chi connectivity index (χ1) is 19.5. The average Bonchev–Trinajstić information content (AvgIpc) is 3.30. The number of hydrogen-bond acceptors (Lipinski definition) is 4. The highest BCUT2D eigenvalue weighted by Gasteiger charge is 2.12. The smallest absolute Gasteiger partial charge is 0.307 e. The molecule has 1 aromatic heterocycles. The third-order valence-electron chi connectivity index (χ3n) is 6.95. The fourth-order valence-electron chi connectivity index (χ4n) is 4.87. The molecule has 0 radical (unpaired) electrons. The van der Waals surface area contributed by atoms with Crippen LogP contribution in [0.25, 0.3) is 22.3 Å². The Labute approximate surface area is 238 Å². The molecule has 3 N–H and O–H groups in total. The average molecular weight is 549 g/mol. The molecule has 40 heavy (non-hydrogen) atoms. The number of thiazole rings is 1. The molecule has 5 aromatic rings. The van der Waals surface area contributed by atoms with Crippen LogP contribution in [-0.4, -0.2) is 22.5 Å². The van der Waals surface area contributed by atoms with Crippen LogP contribution in [0.1, 0.15) is 45.3 Å². The number of carbonyl (C=O) groups excluding carboxylic acids is 1. The van der Waals surface area contributed by atoms with E-state index in [2.05, 4.69) is 71.8 Å². The van der Waals surface area contributed by atoms with Gasteiger partial charge in [0.1, 0.15) is 0 Å². The fourth-order valence-corrected chi connectivity index (χ4v) is 5.62. The van der Waals surface area contributed by atoms with E-state index in [1.807, 2.05) is 42.5 Å². The van der Waals surface area contributed by atoms with Gasteiger partial charge in [0.05, 0.1) is 4.88 Å². The van der Waals surface area contributed by atoms with Crippen molar-refractivity contribution in [3.05, 3.63) is 134 Å². The van der Waals surface area contributed by atoms with Gasteiger partial charge < -0.3 is 10.4 Å². The Kier molecular flexibility index (Phi) is 8.57. The van der Waals surface area contributed by atoms with Gasteiger partial charge in [0.25, 0.3) is 5.91 Å². The molecule has 1 heterocycles. The van der Waals surface area contributed by atoms with E-state index in [9.17, 15) is 14.7 Å². The van der Waals surface area contributed by atoms with Crippen LogP contribution in [0.4, 0.5) is 0 Å². The van der Waals surface area contributed by atoms with Crippen LogP contribution in [-0.2, 0) is 19.3 Å². The first-order valence-electron chi connectivity index (χ1n) is 13.6. The van der Waals surface area contributed by atoms with E-state index < -0.39 is 0 Å². The molecule has 0 aliphatic carbocycles. The predicted molar refractivity (Wildman–Crippen MR) is 163 cm³/mol. The van der Waals surface area contributed by atoms with Crippen molar-refractivity contribution in [1.29, 1.82) is 0 Å². The molecule has 0 fully saturated rings.